The Morgan fingerprint density at radius 3 is 2.73 bits per heavy atom. The van der Waals surface area contributed by atoms with E-state index in [0.717, 1.165) is 17.1 Å². The summed E-state index contributed by atoms with van der Waals surface area (Å²) in [5, 5.41) is 5.72. The van der Waals surface area contributed by atoms with Crippen LogP contribution >= 0.6 is 0 Å². The van der Waals surface area contributed by atoms with E-state index in [-0.39, 0.29) is 0 Å². The van der Waals surface area contributed by atoms with Gasteiger partial charge in [-0.25, -0.2) is 9.50 Å². The van der Waals surface area contributed by atoms with E-state index in [9.17, 15) is 0 Å². The first kappa shape index (κ1) is 15.6. The van der Waals surface area contributed by atoms with Crippen molar-refractivity contribution in [3.63, 3.8) is 0 Å². The summed E-state index contributed by atoms with van der Waals surface area (Å²) in [6.07, 6.45) is 12.7. The first-order valence-electron chi connectivity index (χ1n) is 9.63. The molecule has 4 aromatic rings. The Bertz CT molecular complexity index is 1100. The number of H-pyrrole nitrogens is 1. The average Bonchev–Trinajstić information content (AvgIpc) is 3.28. The summed E-state index contributed by atoms with van der Waals surface area (Å²) < 4.78 is 1.87. The van der Waals surface area contributed by atoms with E-state index < -0.39 is 0 Å². The number of benzene rings is 1. The van der Waals surface area contributed by atoms with Crippen LogP contribution in [-0.2, 0) is 0 Å². The lowest BCUT2D eigenvalue weighted by atomic mass is 9.83. The van der Waals surface area contributed by atoms with Crippen molar-refractivity contribution in [2.75, 3.05) is 0 Å². The highest BCUT2D eigenvalue weighted by Gasteiger charge is 2.19. The maximum absolute atomic E-state index is 4.33. The smallest absolute Gasteiger partial charge is 0.158 e. The Kier molecular flexibility index (Phi) is 3.59. The molecule has 3 aromatic heterocycles. The zero-order valence-corrected chi connectivity index (χ0v) is 15.4. The van der Waals surface area contributed by atoms with Crippen molar-refractivity contribution in [2.45, 2.75) is 51.9 Å². The molecule has 4 nitrogen and oxygen atoms in total. The highest BCUT2D eigenvalue weighted by Crippen LogP contribution is 2.38. The quantitative estimate of drug-likeness (QED) is 0.519. The molecule has 26 heavy (non-hydrogen) atoms. The van der Waals surface area contributed by atoms with Gasteiger partial charge in [-0.1, -0.05) is 19.3 Å². The van der Waals surface area contributed by atoms with E-state index in [1.807, 2.05) is 4.52 Å². The van der Waals surface area contributed by atoms with Crippen LogP contribution in [-0.4, -0.2) is 19.6 Å². The lowest BCUT2D eigenvalue weighted by Gasteiger charge is -2.21. The number of aryl methyl sites for hydroxylation is 2. The fraction of sp³-hybridized carbons (Fsp3) is 0.364. The largest absolute Gasteiger partial charge is 0.361 e. The van der Waals surface area contributed by atoms with Crippen LogP contribution in [0.4, 0.5) is 0 Å². The molecule has 0 saturated heterocycles. The number of rotatable bonds is 2. The van der Waals surface area contributed by atoms with Crippen LogP contribution < -0.4 is 0 Å². The fourth-order valence-corrected chi connectivity index (χ4v) is 4.60. The second-order valence-electron chi connectivity index (χ2n) is 7.73. The first-order chi connectivity index (χ1) is 12.7. The predicted molar refractivity (Wildman–Crippen MR) is 106 cm³/mol. The third-order valence-corrected chi connectivity index (χ3v) is 5.97. The lowest BCUT2D eigenvalue weighted by Crippen LogP contribution is -2.03. The number of nitrogens with one attached hydrogen (secondary N) is 1. The maximum Gasteiger partial charge on any atom is 0.158 e. The van der Waals surface area contributed by atoms with Gasteiger partial charge in [-0.3, -0.25) is 0 Å². The van der Waals surface area contributed by atoms with Crippen LogP contribution in [0.2, 0.25) is 0 Å². The molecule has 0 atom stereocenters. The Morgan fingerprint density at radius 1 is 1.04 bits per heavy atom. The minimum absolute atomic E-state index is 0.719. The summed E-state index contributed by atoms with van der Waals surface area (Å²) in [5.41, 5.74) is 8.58. The molecule has 1 aliphatic carbocycles. The minimum atomic E-state index is 0.719. The van der Waals surface area contributed by atoms with Crippen molar-refractivity contribution in [1.82, 2.24) is 19.6 Å². The summed E-state index contributed by atoms with van der Waals surface area (Å²) in [6, 6.07) is 6.88. The molecule has 0 amide bonds. The molecule has 0 unspecified atom stereocenters. The van der Waals surface area contributed by atoms with Crippen LogP contribution in [0.1, 0.15) is 54.7 Å². The van der Waals surface area contributed by atoms with Gasteiger partial charge in [-0.05, 0) is 73.1 Å². The molecule has 0 bridgehead atoms. The second kappa shape index (κ2) is 5.97. The summed E-state index contributed by atoms with van der Waals surface area (Å²) in [7, 11) is 0. The van der Waals surface area contributed by atoms with Gasteiger partial charge in [0.05, 0.1) is 0 Å². The Balaban J connectivity index is 1.63. The summed E-state index contributed by atoms with van der Waals surface area (Å²) in [6.45, 7) is 4.31. The second-order valence-corrected chi connectivity index (χ2v) is 7.73. The van der Waals surface area contributed by atoms with Crippen LogP contribution in [0.15, 0.2) is 36.9 Å². The molecule has 3 heterocycles. The topological polar surface area (TPSA) is 46.0 Å². The molecule has 1 N–H and O–H groups in total. The van der Waals surface area contributed by atoms with Crippen LogP contribution in [0.3, 0.4) is 0 Å². The Labute approximate surface area is 153 Å². The van der Waals surface area contributed by atoms with Gasteiger partial charge in [0.2, 0.25) is 0 Å². The van der Waals surface area contributed by atoms with Gasteiger partial charge in [-0.2, -0.15) is 5.10 Å². The van der Waals surface area contributed by atoms with Gasteiger partial charge in [0, 0.05) is 28.9 Å². The highest BCUT2D eigenvalue weighted by molar-refractivity contribution is 5.90. The summed E-state index contributed by atoms with van der Waals surface area (Å²) in [5.74, 6) is 0.719. The van der Waals surface area contributed by atoms with Crippen LogP contribution in [0, 0.1) is 13.8 Å². The first-order valence-corrected chi connectivity index (χ1v) is 9.63. The van der Waals surface area contributed by atoms with E-state index in [1.165, 1.54) is 65.3 Å². The van der Waals surface area contributed by atoms with Gasteiger partial charge in [-0.15, -0.1) is 0 Å². The molecule has 0 spiro atoms. The molecule has 1 fully saturated rings. The van der Waals surface area contributed by atoms with Gasteiger partial charge >= 0.3 is 0 Å². The molecule has 0 aliphatic heterocycles. The molecule has 132 valence electrons. The molecule has 5 rings (SSSR count). The normalized spacial score (nSPS) is 15.9. The molecule has 0 radical (unpaired) electrons. The third kappa shape index (κ3) is 2.44. The number of nitrogens with zero attached hydrogens (tertiary/aromatic N) is 3. The Morgan fingerprint density at radius 2 is 1.88 bits per heavy atom. The predicted octanol–water partition coefficient (Wildman–Crippen LogP) is 5.54. The van der Waals surface area contributed by atoms with Gasteiger partial charge < -0.3 is 4.98 Å². The maximum atomic E-state index is 4.33. The third-order valence-electron chi connectivity index (χ3n) is 5.97. The van der Waals surface area contributed by atoms with E-state index in [1.54, 1.807) is 6.33 Å². The zero-order chi connectivity index (χ0) is 17.7. The lowest BCUT2D eigenvalue weighted by molar-refractivity contribution is 0.445. The van der Waals surface area contributed by atoms with Crippen LogP contribution in [0.25, 0.3) is 27.7 Å². The Hall–Kier alpha value is -2.62. The SMILES string of the molecule is Cc1cc2c(C3CCCCC3)c[nH]c2cc1-c1cc(C)c2ncnn2c1. The van der Waals surface area contributed by atoms with Crippen molar-refractivity contribution in [1.29, 1.82) is 0 Å². The molecule has 1 aromatic carbocycles. The molecular formula is C22H24N4. The number of aromatic nitrogens is 4. The van der Waals surface area contributed by atoms with Crippen molar-refractivity contribution in [2.24, 2.45) is 0 Å². The minimum Gasteiger partial charge on any atom is -0.361 e. The molecule has 1 aliphatic rings. The summed E-state index contributed by atoms with van der Waals surface area (Å²) in [4.78, 5) is 7.86. The molecule has 4 heteroatoms. The van der Waals surface area contributed by atoms with Crippen molar-refractivity contribution < 1.29 is 0 Å². The standard InChI is InChI=1S/C22H24N4/c1-14-9-19-20(16-6-4-3-5-7-16)11-23-21(19)10-18(14)17-8-15(2)22-24-13-25-26(22)12-17/h8-13,16,23H,3-7H2,1-2H3. The van der Waals surface area contributed by atoms with Crippen molar-refractivity contribution >= 4 is 16.6 Å². The number of aromatic amines is 1. The van der Waals surface area contributed by atoms with Crippen molar-refractivity contribution in [3.05, 3.63) is 53.6 Å². The zero-order valence-electron chi connectivity index (χ0n) is 15.4. The highest BCUT2D eigenvalue weighted by atomic mass is 15.3. The number of hydrogen-bond acceptors (Lipinski definition) is 2. The van der Waals surface area contributed by atoms with Gasteiger partial charge in [0.1, 0.15) is 6.33 Å². The monoisotopic (exact) mass is 344 g/mol. The summed E-state index contributed by atoms with van der Waals surface area (Å²) >= 11 is 0. The van der Waals surface area contributed by atoms with Gasteiger partial charge in [0.15, 0.2) is 5.65 Å². The van der Waals surface area contributed by atoms with E-state index in [0.29, 0.717) is 0 Å². The van der Waals surface area contributed by atoms with E-state index in [4.69, 9.17) is 0 Å². The molecular weight excluding hydrogens is 320 g/mol. The van der Waals surface area contributed by atoms with Crippen molar-refractivity contribution in [3.8, 4) is 11.1 Å². The molecule has 1 saturated carbocycles. The number of pyridine rings is 1. The number of hydrogen-bond donors (Lipinski definition) is 1. The van der Waals surface area contributed by atoms with E-state index >= 15 is 0 Å². The van der Waals surface area contributed by atoms with Gasteiger partial charge in [0.25, 0.3) is 0 Å². The van der Waals surface area contributed by atoms with Crippen LogP contribution in [0.5, 0.6) is 0 Å². The average molecular weight is 344 g/mol. The number of fused-ring (bicyclic) bond motifs is 2. The van der Waals surface area contributed by atoms with E-state index in [2.05, 4.69) is 59.5 Å². The fourth-order valence-electron chi connectivity index (χ4n) is 4.60.